The molecule has 1 aliphatic rings. The first-order valence-corrected chi connectivity index (χ1v) is 7.51. The van der Waals surface area contributed by atoms with E-state index in [1.54, 1.807) is 16.7 Å². The van der Waals surface area contributed by atoms with Crippen molar-refractivity contribution in [1.82, 2.24) is 30.0 Å². The molecule has 122 valence electrons. The average molecular weight is 309 g/mol. The number of aromatic nitrogens is 4. The smallest absolute Gasteiger partial charge is 0.244 e. The molecule has 1 unspecified atom stereocenters. The minimum absolute atomic E-state index is 0.0399. The van der Waals surface area contributed by atoms with Crippen LogP contribution in [0.25, 0.3) is 0 Å². The van der Waals surface area contributed by atoms with E-state index in [0.29, 0.717) is 32.6 Å². The van der Waals surface area contributed by atoms with Crippen LogP contribution in [-0.2, 0) is 16.1 Å². The molecule has 22 heavy (non-hydrogen) atoms. The molecule has 1 aromatic rings. The molecule has 2 amide bonds. The lowest BCUT2D eigenvalue weighted by atomic mass is 9.95. The highest BCUT2D eigenvalue weighted by Crippen LogP contribution is 2.14. The summed E-state index contributed by atoms with van der Waals surface area (Å²) in [6.07, 6.45) is 2.93. The van der Waals surface area contributed by atoms with Gasteiger partial charge in [-0.15, -0.1) is 5.10 Å². The van der Waals surface area contributed by atoms with Gasteiger partial charge in [-0.05, 0) is 23.8 Å². The molecule has 2 rings (SSSR count). The molecule has 9 nitrogen and oxygen atoms in total. The van der Waals surface area contributed by atoms with Gasteiger partial charge in [0.15, 0.2) is 0 Å². The van der Waals surface area contributed by atoms with Crippen LogP contribution in [0.2, 0.25) is 0 Å². The Bertz CT molecular complexity index is 506. The number of amides is 2. The Labute approximate surface area is 129 Å². The third-order valence-corrected chi connectivity index (χ3v) is 3.87. The van der Waals surface area contributed by atoms with Gasteiger partial charge in [0.2, 0.25) is 11.8 Å². The molecule has 2 heterocycles. The largest absolute Gasteiger partial charge is 0.338 e. The first-order chi connectivity index (χ1) is 10.4. The summed E-state index contributed by atoms with van der Waals surface area (Å²) < 4.78 is 1.39. The molecule has 1 saturated heterocycles. The molecule has 0 saturated carbocycles. The second-order valence-corrected chi connectivity index (χ2v) is 5.85. The summed E-state index contributed by atoms with van der Waals surface area (Å²) in [7, 11) is 0. The van der Waals surface area contributed by atoms with Crippen LogP contribution in [0.3, 0.4) is 0 Å². The molecule has 9 heteroatoms. The molecule has 0 spiro atoms. The van der Waals surface area contributed by atoms with Crippen LogP contribution in [0.15, 0.2) is 6.33 Å². The standard InChI is InChI=1S/C13H23N7O2/c1-3-4-13(2,14)12(22)19-7-5-18(6-8-19)11(21)9-20-10-15-16-17-20/h10H,3-9,14H2,1-2H3. The minimum Gasteiger partial charge on any atom is -0.338 e. The van der Waals surface area contributed by atoms with Crippen molar-refractivity contribution in [3.63, 3.8) is 0 Å². The highest BCUT2D eigenvalue weighted by molar-refractivity contribution is 5.86. The molecule has 1 aliphatic heterocycles. The molecule has 2 N–H and O–H groups in total. The maximum Gasteiger partial charge on any atom is 0.244 e. The van der Waals surface area contributed by atoms with Gasteiger partial charge in [0.25, 0.3) is 0 Å². The molecule has 1 atom stereocenters. The zero-order valence-corrected chi connectivity index (χ0v) is 13.1. The van der Waals surface area contributed by atoms with E-state index in [2.05, 4.69) is 15.5 Å². The van der Waals surface area contributed by atoms with Crippen LogP contribution < -0.4 is 5.73 Å². The molecule has 0 bridgehead atoms. The summed E-state index contributed by atoms with van der Waals surface area (Å²) in [5.41, 5.74) is 5.26. The summed E-state index contributed by atoms with van der Waals surface area (Å²) in [6.45, 7) is 5.94. The van der Waals surface area contributed by atoms with E-state index in [0.717, 1.165) is 6.42 Å². The molecular weight excluding hydrogens is 286 g/mol. The first-order valence-electron chi connectivity index (χ1n) is 7.51. The minimum atomic E-state index is -0.826. The van der Waals surface area contributed by atoms with Gasteiger partial charge in [0.05, 0.1) is 5.54 Å². The van der Waals surface area contributed by atoms with Crippen molar-refractivity contribution in [2.24, 2.45) is 5.73 Å². The molecule has 0 aliphatic carbocycles. The number of rotatable bonds is 5. The summed E-state index contributed by atoms with van der Waals surface area (Å²) in [4.78, 5) is 28.0. The third-order valence-electron chi connectivity index (χ3n) is 3.87. The number of hydrogen-bond acceptors (Lipinski definition) is 6. The normalized spacial score (nSPS) is 18.1. The quantitative estimate of drug-likeness (QED) is 0.736. The molecule has 0 aromatic carbocycles. The van der Waals surface area contributed by atoms with E-state index in [-0.39, 0.29) is 18.4 Å². The summed E-state index contributed by atoms with van der Waals surface area (Å²) in [5, 5.41) is 10.7. The summed E-state index contributed by atoms with van der Waals surface area (Å²) in [6, 6.07) is 0. The van der Waals surface area contributed by atoms with Gasteiger partial charge in [0.1, 0.15) is 12.9 Å². The lowest BCUT2D eigenvalue weighted by Crippen LogP contribution is -2.59. The zero-order valence-electron chi connectivity index (χ0n) is 13.1. The van der Waals surface area contributed by atoms with Crippen LogP contribution in [-0.4, -0.2) is 73.5 Å². The molecular formula is C13H23N7O2. The Morgan fingerprint density at radius 2 is 1.86 bits per heavy atom. The van der Waals surface area contributed by atoms with E-state index in [1.807, 2.05) is 6.92 Å². The number of tetrazole rings is 1. The van der Waals surface area contributed by atoms with Crippen molar-refractivity contribution >= 4 is 11.8 Å². The second-order valence-electron chi connectivity index (χ2n) is 5.85. The topological polar surface area (TPSA) is 110 Å². The van der Waals surface area contributed by atoms with Crippen LogP contribution >= 0.6 is 0 Å². The van der Waals surface area contributed by atoms with Crippen molar-refractivity contribution in [2.75, 3.05) is 26.2 Å². The van der Waals surface area contributed by atoms with Crippen molar-refractivity contribution in [3.05, 3.63) is 6.33 Å². The zero-order chi connectivity index (χ0) is 16.2. The molecule has 1 aromatic heterocycles. The third kappa shape index (κ3) is 3.79. The predicted molar refractivity (Wildman–Crippen MR) is 78.5 cm³/mol. The number of carbonyl (C=O) groups excluding carboxylic acids is 2. The lowest BCUT2D eigenvalue weighted by molar-refractivity contribution is -0.143. The fraction of sp³-hybridized carbons (Fsp3) is 0.769. The average Bonchev–Trinajstić information content (AvgIpc) is 2.99. The summed E-state index contributed by atoms with van der Waals surface area (Å²) >= 11 is 0. The van der Waals surface area contributed by atoms with Gasteiger partial charge in [-0.25, -0.2) is 4.68 Å². The SMILES string of the molecule is CCCC(C)(N)C(=O)N1CCN(C(=O)Cn2cnnn2)CC1. The fourth-order valence-electron chi connectivity index (χ4n) is 2.64. The van der Waals surface area contributed by atoms with Crippen molar-refractivity contribution in [1.29, 1.82) is 0 Å². The molecule has 0 radical (unpaired) electrons. The van der Waals surface area contributed by atoms with E-state index < -0.39 is 5.54 Å². The first kappa shape index (κ1) is 16.3. The van der Waals surface area contributed by atoms with Crippen LogP contribution in [0, 0.1) is 0 Å². The number of piperazine rings is 1. The monoisotopic (exact) mass is 309 g/mol. The Kier molecular flexibility index (Phi) is 5.07. The van der Waals surface area contributed by atoms with Crippen molar-refractivity contribution in [3.8, 4) is 0 Å². The number of carbonyl (C=O) groups is 2. The number of nitrogens with two attached hydrogens (primary N) is 1. The van der Waals surface area contributed by atoms with E-state index in [1.165, 1.54) is 11.0 Å². The summed E-state index contributed by atoms with van der Waals surface area (Å²) in [5.74, 6) is -0.0922. The van der Waals surface area contributed by atoms with Crippen LogP contribution in [0.4, 0.5) is 0 Å². The van der Waals surface area contributed by atoms with Gasteiger partial charge < -0.3 is 15.5 Å². The van der Waals surface area contributed by atoms with Crippen molar-refractivity contribution < 1.29 is 9.59 Å². The Morgan fingerprint density at radius 3 is 2.41 bits per heavy atom. The van der Waals surface area contributed by atoms with Crippen LogP contribution in [0.1, 0.15) is 26.7 Å². The maximum absolute atomic E-state index is 12.4. The highest BCUT2D eigenvalue weighted by Gasteiger charge is 2.34. The van der Waals surface area contributed by atoms with Gasteiger partial charge in [-0.3, -0.25) is 9.59 Å². The van der Waals surface area contributed by atoms with Gasteiger partial charge in [-0.2, -0.15) is 0 Å². The van der Waals surface area contributed by atoms with Gasteiger partial charge >= 0.3 is 0 Å². The molecule has 1 fully saturated rings. The highest BCUT2D eigenvalue weighted by atomic mass is 16.2. The second kappa shape index (κ2) is 6.82. The van der Waals surface area contributed by atoms with E-state index in [4.69, 9.17) is 5.73 Å². The Balaban J connectivity index is 1.85. The predicted octanol–water partition coefficient (Wildman–Crippen LogP) is -1.14. The maximum atomic E-state index is 12.4. The van der Waals surface area contributed by atoms with Gasteiger partial charge in [-0.1, -0.05) is 13.3 Å². The van der Waals surface area contributed by atoms with Gasteiger partial charge in [0, 0.05) is 26.2 Å². The van der Waals surface area contributed by atoms with E-state index in [9.17, 15) is 9.59 Å². The number of nitrogens with zero attached hydrogens (tertiary/aromatic N) is 6. The Hall–Kier alpha value is -2.03. The van der Waals surface area contributed by atoms with Crippen molar-refractivity contribution in [2.45, 2.75) is 38.8 Å². The number of hydrogen-bond donors (Lipinski definition) is 1. The van der Waals surface area contributed by atoms with E-state index >= 15 is 0 Å². The fourth-order valence-corrected chi connectivity index (χ4v) is 2.64. The Morgan fingerprint density at radius 1 is 1.23 bits per heavy atom. The lowest BCUT2D eigenvalue weighted by Gasteiger charge is -2.38. The van der Waals surface area contributed by atoms with Crippen LogP contribution in [0.5, 0.6) is 0 Å².